The Morgan fingerprint density at radius 2 is 2.17 bits per heavy atom. The first kappa shape index (κ1) is 22.0. The Morgan fingerprint density at radius 3 is 2.87 bits per heavy atom. The first-order valence-electron chi connectivity index (χ1n) is 10.3. The van der Waals surface area contributed by atoms with Gasteiger partial charge in [0.15, 0.2) is 0 Å². The van der Waals surface area contributed by atoms with Crippen molar-refractivity contribution >= 4 is 33.0 Å². The third kappa shape index (κ3) is 4.57. The molecule has 3 heterocycles. The van der Waals surface area contributed by atoms with Crippen molar-refractivity contribution < 1.29 is 9.53 Å². The topological polar surface area (TPSA) is 51.2 Å². The number of amides is 1. The zero-order chi connectivity index (χ0) is 21.8. The van der Waals surface area contributed by atoms with E-state index in [9.17, 15) is 4.79 Å². The van der Waals surface area contributed by atoms with Crippen LogP contribution in [0.25, 0.3) is 15.8 Å². The fraction of sp³-hybridized carbons (Fsp3) is 0.360. The van der Waals surface area contributed by atoms with Crippen molar-refractivity contribution in [2.75, 3.05) is 6.61 Å². The van der Waals surface area contributed by atoms with Gasteiger partial charge >= 0.3 is 0 Å². The Labute approximate surface area is 183 Å². The number of rotatable bonds is 6. The summed E-state index contributed by atoms with van der Waals surface area (Å²) in [7, 11) is 0. The van der Waals surface area contributed by atoms with Crippen molar-refractivity contribution in [3.8, 4) is 0 Å². The van der Waals surface area contributed by atoms with Crippen LogP contribution in [0.5, 0.6) is 0 Å². The molecule has 0 aromatic carbocycles. The first-order valence-corrected chi connectivity index (χ1v) is 11.2. The van der Waals surface area contributed by atoms with Gasteiger partial charge in [0, 0.05) is 18.2 Å². The zero-order valence-electron chi connectivity index (χ0n) is 18.4. The molecule has 2 aromatic rings. The summed E-state index contributed by atoms with van der Waals surface area (Å²) in [5.41, 5.74) is 5.19. The van der Waals surface area contributed by atoms with Crippen LogP contribution < -0.4 is 5.32 Å². The quantitative estimate of drug-likeness (QED) is 0.564. The van der Waals surface area contributed by atoms with E-state index in [1.54, 1.807) is 6.08 Å². The first-order chi connectivity index (χ1) is 14.3. The van der Waals surface area contributed by atoms with Crippen molar-refractivity contribution in [2.24, 2.45) is 5.92 Å². The molecule has 158 valence electrons. The van der Waals surface area contributed by atoms with Gasteiger partial charge in [-0.3, -0.25) is 9.78 Å². The molecule has 0 fully saturated rings. The predicted molar refractivity (Wildman–Crippen MR) is 127 cm³/mol. The van der Waals surface area contributed by atoms with Crippen molar-refractivity contribution in [1.29, 1.82) is 0 Å². The van der Waals surface area contributed by atoms with Gasteiger partial charge in [-0.2, -0.15) is 0 Å². The fourth-order valence-electron chi connectivity index (χ4n) is 3.81. The molecule has 4 nitrogen and oxygen atoms in total. The minimum Gasteiger partial charge on any atom is -0.498 e. The predicted octanol–water partition coefficient (Wildman–Crippen LogP) is 6.20. The molecule has 0 spiro atoms. The molecular formula is C25H30N2O2S. The summed E-state index contributed by atoms with van der Waals surface area (Å²) in [6.45, 7) is 14.7. The summed E-state index contributed by atoms with van der Waals surface area (Å²) >= 11 is 1.53. The summed E-state index contributed by atoms with van der Waals surface area (Å²) in [4.78, 5) is 18.5. The molecule has 0 saturated heterocycles. The van der Waals surface area contributed by atoms with Crippen LogP contribution in [0.2, 0.25) is 0 Å². The lowest BCUT2D eigenvalue weighted by atomic mass is 9.99. The number of aryl methyl sites for hydroxylation is 1. The smallest absolute Gasteiger partial charge is 0.262 e. The average molecular weight is 423 g/mol. The largest absolute Gasteiger partial charge is 0.498 e. The van der Waals surface area contributed by atoms with Gasteiger partial charge in [0.05, 0.1) is 33.5 Å². The van der Waals surface area contributed by atoms with Crippen LogP contribution in [-0.2, 0) is 4.74 Å². The van der Waals surface area contributed by atoms with Crippen molar-refractivity contribution in [3.63, 3.8) is 0 Å². The number of ether oxygens (including phenoxy) is 1. The number of allylic oxidation sites excluding steroid dienone is 5. The minimum atomic E-state index is -0.0814. The number of thiophene rings is 1. The maximum absolute atomic E-state index is 13.2. The molecule has 1 amide bonds. The highest BCUT2D eigenvalue weighted by Crippen LogP contribution is 2.35. The lowest BCUT2D eigenvalue weighted by molar-refractivity contribution is 0.0928. The van der Waals surface area contributed by atoms with E-state index in [-0.39, 0.29) is 11.9 Å². The van der Waals surface area contributed by atoms with E-state index in [1.807, 2.05) is 38.3 Å². The second-order valence-electron chi connectivity index (χ2n) is 7.96. The molecule has 0 bridgehead atoms. The molecule has 0 saturated carbocycles. The monoisotopic (exact) mass is 422 g/mol. The number of pyridine rings is 1. The Hall–Kier alpha value is -2.66. The number of nitrogens with one attached hydrogen (secondary N) is 1. The average Bonchev–Trinajstić information content (AvgIpc) is 3.04. The standard InChI is InChI=1S/C25H30N2O2S/c1-7-8-9-20-18(6)29-13-11-21(20)27-25(28)23-17(5)22-24(30-23)19(10-12-26-22)16(4)14-15(2)3/h7-10,12,14-15,21H,1,11,13H2,2-6H3,(H,27,28)/b9-8-,16-14+. The molecule has 0 radical (unpaired) electrons. The second kappa shape index (κ2) is 9.43. The summed E-state index contributed by atoms with van der Waals surface area (Å²) in [6.07, 6.45) is 10.4. The Balaban J connectivity index is 1.96. The number of hydrogen-bond donors (Lipinski definition) is 1. The molecule has 2 aromatic heterocycles. The Bertz CT molecular complexity index is 1060. The van der Waals surface area contributed by atoms with Gasteiger partial charge in [0.2, 0.25) is 0 Å². The zero-order valence-corrected chi connectivity index (χ0v) is 19.2. The normalized spacial score (nSPS) is 17.7. The highest BCUT2D eigenvalue weighted by atomic mass is 32.1. The van der Waals surface area contributed by atoms with E-state index in [1.165, 1.54) is 16.9 Å². The van der Waals surface area contributed by atoms with E-state index in [0.29, 0.717) is 12.5 Å². The van der Waals surface area contributed by atoms with Crippen LogP contribution in [0.15, 0.2) is 54.5 Å². The van der Waals surface area contributed by atoms with Crippen LogP contribution >= 0.6 is 11.3 Å². The highest BCUT2D eigenvalue weighted by molar-refractivity contribution is 7.21. The molecule has 3 rings (SSSR count). The van der Waals surface area contributed by atoms with Gasteiger partial charge < -0.3 is 10.1 Å². The fourth-order valence-corrected chi connectivity index (χ4v) is 5.06. The van der Waals surface area contributed by atoms with Gasteiger partial charge in [-0.05, 0) is 49.5 Å². The van der Waals surface area contributed by atoms with E-state index < -0.39 is 0 Å². The summed E-state index contributed by atoms with van der Waals surface area (Å²) in [6, 6.07) is 1.96. The van der Waals surface area contributed by atoms with Gasteiger partial charge in [-0.25, -0.2) is 0 Å². The lowest BCUT2D eigenvalue weighted by Crippen LogP contribution is -2.39. The molecule has 5 heteroatoms. The summed E-state index contributed by atoms with van der Waals surface area (Å²) in [5.74, 6) is 1.25. The Morgan fingerprint density at radius 1 is 1.40 bits per heavy atom. The molecule has 1 aliphatic heterocycles. The van der Waals surface area contributed by atoms with E-state index in [2.05, 4.69) is 43.7 Å². The Kier molecular flexibility index (Phi) is 6.93. The number of carbonyl (C=O) groups is 1. The third-order valence-electron chi connectivity index (χ3n) is 5.24. The van der Waals surface area contributed by atoms with Crippen LogP contribution in [0.4, 0.5) is 0 Å². The summed E-state index contributed by atoms with van der Waals surface area (Å²) in [5, 5.41) is 3.21. The maximum atomic E-state index is 13.2. The van der Waals surface area contributed by atoms with Crippen LogP contribution in [-0.4, -0.2) is 23.5 Å². The van der Waals surface area contributed by atoms with Crippen molar-refractivity contribution in [1.82, 2.24) is 10.3 Å². The SMILES string of the molecule is C=C/C=C\C1=C(C)OCCC1NC(=O)c1sc2c(/C(C)=C/C(C)C)ccnc2c1C. The van der Waals surface area contributed by atoms with Gasteiger partial charge in [0.1, 0.15) is 0 Å². The van der Waals surface area contributed by atoms with Crippen molar-refractivity contribution in [2.45, 2.75) is 47.1 Å². The number of hydrogen-bond acceptors (Lipinski definition) is 4. The molecule has 1 aliphatic rings. The van der Waals surface area contributed by atoms with Crippen molar-refractivity contribution in [3.05, 3.63) is 70.5 Å². The second-order valence-corrected chi connectivity index (χ2v) is 8.98. The molecule has 30 heavy (non-hydrogen) atoms. The highest BCUT2D eigenvalue weighted by Gasteiger charge is 2.25. The molecule has 1 unspecified atom stereocenters. The molecule has 1 atom stereocenters. The number of aromatic nitrogens is 1. The van der Waals surface area contributed by atoms with Gasteiger partial charge in [-0.1, -0.05) is 44.7 Å². The molecule has 0 aliphatic carbocycles. The number of fused-ring (bicyclic) bond motifs is 1. The van der Waals surface area contributed by atoms with E-state index in [0.717, 1.165) is 44.0 Å². The van der Waals surface area contributed by atoms with Crippen LogP contribution in [0, 0.1) is 12.8 Å². The molecule has 1 N–H and O–H groups in total. The molecular weight excluding hydrogens is 392 g/mol. The summed E-state index contributed by atoms with van der Waals surface area (Å²) < 4.78 is 6.75. The third-order valence-corrected chi connectivity index (χ3v) is 6.56. The van der Waals surface area contributed by atoms with Crippen LogP contribution in [0.1, 0.15) is 54.9 Å². The number of carbonyl (C=O) groups excluding carboxylic acids is 1. The van der Waals surface area contributed by atoms with Gasteiger partial charge in [-0.15, -0.1) is 11.3 Å². The van der Waals surface area contributed by atoms with Gasteiger partial charge in [0.25, 0.3) is 5.91 Å². The van der Waals surface area contributed by atoms with E-state index >= 15 is 0 Å². The lowest BCUT2D eigenvalue weighted by Gasteiger charge is -2.26. The number of nitrogens with zero attached hydrogens (tertiary/aromatic N) is 1. The van der Waals surface area contributed by atoms with Crippen LogP contribution in [0.3, 0.4) is 0 Å². The maximum Gasteiger partial charge on any atom is 0.262 e. The van der Waals surface area contributed by atoms with E-state index in [4.69, 9.17) is 4.74 Å². The minimum absolute atomic E-state index is 0.0591.